The molecule has 0 saturated heterocycles. The molecule has 0 unspecified atom stereocenters. The third kappa shape index (κ3) is 6.06. The molecule has 0 spiro atoms. The quantitative estimate of drug-likeness (QED) is 0.195. The summed E-state index contributed by atoms with van der Waals surface area (Å²) in [5, 5.41) is 10.2. The molecule has 4 rings (SSSR count). The van der Waals surface area contributed by atoms with Gasteiger partial charge in [-0.05, 0) is 64.8 Å². The number of rotatable bonds is 8. The number of carbonyl (C=O) groups is 1. The number of anilines is 2. The van der Waals surface area contributed by atoms with E-state index in [1.54, 1.807) is 32.4 Å². The van der Waals surface area contributed by atoms with Crippen molar-refractivity contribution >= 4 is 50.2 Å². The summed E-state index contributed by atoms with van der Waals surface area (Å²) < 4.78 is 11.4. The molecule has 9 heteroatoms. The zero-order valence-corrected chi connectivity index (χ0v) is 21.7. The highest BCUT2D eigenvalue weighted by Crippen LogP contribution is 2.35. The standard InChI is InChI=1S/C26H23BrN4O3S/c1-16-4-10-20(11-5-16)29-26-30-22(15-35-26)18-6-8-19(9-7-18)25(32)31-28-14-17-12-21(27)24(34-3)23(13-17)33-2/h4-15H,1-3H3,(H,29,30)(H,31,32)/b28-14-. The summed E-state index contributed by atoms with van der Waals surface area (Å²) in [6.07, 6.45) is 1.54. The van der Waals surface area contributed by atoms with E-state index in [-0.39, 0.29) is 5.91 Å². The van der Waals surface area contributed by atoms with E-state index in [4.69, 9.17) is 9.47 Å². The smallest absolute Gasteiger partial charge is 0.271 e. The topological polar surface area (TPSA) is 84.8 Å². The number of amides is 1. The monoisotopic (exact) mass is 550 g/mol. The minimum Gasteiger partial charge on any atom is -0.493 e. The van der Waals surface area contributed by atoms with Crippen molar-refractivity contribution in [3.8, 4) is 22.8 Å². The highest BCUT2D eigenvalue weighted by Gasteiger charge is 2.11. The van der Waals surface area contributed by atoms with Gasteiger partial charge in [0.2, 0.25) is 0 Å². The van der Waals surface area contributed by atoms with E-state index in [2.05, 4.69) is 55.8 Å². The van der Waals surface area contributed by atoms with Crippen LogP contribution in [0.4, 0.5) is 10.8 Å². The van der Waals surface area contributed by atoms with E-state index in [0.29, 0.717) is 17.1 Å². The second kappa shape index (κ2) is 11.2. The van der Waals surface area contributed by atoms with Crippen LogP contribution in [0.25, 0.3) is 11.3 Å². The summed E-state index contributed by atoms with van der Waals surface area (Å²) in [5.74, 6) is 0.837. The van der Waals surface area contributed by atoms with Crippen molar-refractivity contribution in [3.63, 3.8) is 0 Å². The van der Waals surface area contributed by atoms with Crippen LogP contribution in [0, 0.1) is 6.92 Å². The van der Waals surface area contributed by atoms with Crippen molar-refractivity contribution < 1.29 is 14.3 Å². The largest absolute Gasteiger partial charge is 0.493 e. The Bertz CT molecular complexity index is 1350. The third-order valence-electron chi connectivity index (χ3n) is 5.09. The third-order valence-corrected chi connectivity index (χ3v) is 6.43. The lowest BCUT2D eigenvalue weighted by atomic mass is 10.1. The number of aromatic nitrogens is 1. The summed E-state index contributed by atoms with van der Waals surface area (Å²) in [6, 6.07) is 19.0. The molecule has 1 aromatic heterocycles. The number of benzene rings is 3. The van der Waals surface area contributed by atoms with Gasteiger partial charge < -0.3 is 14.8 Å². The molecule has 178 valence electrons. The Hall–Kier alpha value is -3.69. The van der Waals surface area contributed by atoms with Gasteiger partial charge in [-0.25, -0.2) is 10.4 Å². The fraction of sp³-hybridized carbons (Fsp3) is 0.115. The first-order valence-electron chi connectivity index (χ1n) is 10.6. The van der Waals surface area contributed by atoms with Gasteiger partial charge >= 0.3 is 0 Å². The van der Waals surface area contributed by atoms with Gasteiger partial charge in [0.05, 0.1) is 30.6 Å². The van der Waals surface area contributed by atoms with Crippen molar-refractivity contribution in [2.75, 3.05) is 19.5 Å². The first-order chi connectivity index (χ1) is 17.0. The number of ether oxygens (including phenoxy) is 2. The normalized spacial score (nSPS) is 10.9. The number of carbonyl (C=O) groups excluding carboxylic acids is 1. The number of hydrogen-bond acceptors (Lipinski definition) is 7. The van der Waals surface area contributed by atoms with Crippen LogP contribution >= 0.6 is 27.3 Å². The molecule has 4 aromatic rings. The number of halogens is 1. The molecule has 0 radical (unpaired) electrons. The summed E-state index contributed by atoms with van der Waals surface area (Å²) in [7, 11) is 3.13. The van der Waals surface area contributed by atoms with E-state index in [1.165, 1.54) is 23.1 Å². The van der Waals surface area contributed by atoms with Crippen molar-refractivity contribution in [2.24, 2.45) is 5.10 Å². The highest BCUT2D eigenvalue weighted by molar-refractivity contribution is 9.10. The molecule has 1 heterocycles. The molecule has 0 saturated carbocycles. The van der Waals surface area contributed by atoms with Gasteiger partial charge in [0.25, 0.3) is 5.91 Å². The molecule has 7 nitrogen and oxygen atoms in total. The van der Waals surface area contributed by atoms with E-state index >= 15 is 0 Å². The van der Waals surface area contributed by atoms with Gasteiger partial charge in [-0.1, -0.05) is 29.8 Å². The minimum atomic E-state index is -0.313. The Labute approximate surface area is 216 Å². The summed E-state index contributed by atoms with van der Waals surface area (Å²) in [6.45, 7) is 2.05. The second-order valence-corrected chi connectivity index (χ2v) is 9.26. The molecule has 0 fully saturated rings. The van der Waals surface area contributed by atoms with Gasteiger partial charge in [0.1, 0.15) is 0 Å². The maximum Gasteiger partial charge on any atom is 0.271 e. The van der Waals surface area contributed by atoms with Crippen LogP contribution in [0.3, 0.4) is 0 Å². The number of thiazole rings is 1. The molecule has 1 amide bonds. The molecule has 0 bridgehead atoms. The maximum atomic E-state index is 12.5. The van der Waals surface area contributed by atoms with E-state index in [0.717, 1.165) is 32.1 Å². The van der Waals surface area contributed by atoms with Gasteiger partial charge in [-0.2, -0.15) is 5.10 Å². The van der Waals surface area contributed by atoms with Crippen molar-refractivity contribution in [2.45, 2.75) is 6.92 Å². The Kier molecular flexibility index (Phi) is 7.79. The van der Waals surface area contributed by atoms with Gasteiger partial charge in [-0.15, -0.1) is 11.3 Å². The summed E-state index contributed by atoms with van der Waals surface area (Å²) >= 11 is 4.97. The molecular formula is C26H23BrN4O3S. The Morgan fingerprint density at radius 1 is 1.06 bits per heavy atom. The number of aryl methyl sites for hydroxylation is 1. The van der Waals surface area contributed by atoms with Crippen LogP contribution in [-0.2, 0) is 0 Å². The zero-order chi connectivity index (χ0) is 24.8. The molecule has 2 N–H and O–H groups in total. The van der Waals surface area contributed by atoms with Crippen molar-refractivity contribution in [1.82, 2.24) is 10.4 Å². The fourth-order valence-corrected chi connectivity index (χ4v) is 4.62. The minimum absolute atomic E-state index is 0.313. The van der Waals surface area contributed by atoms with Crippen molar-refractivity contribution in [1.29, 1.82) is 0 Å². The Morgan fingerprint density at radius 2 is 1.80 bits per heavy atom. The zero-order valence-electron chi connectivity index (χ0n) is 19.3. The van der Waals surface area contributed by atoms with Crippen molar-refractivity contribution in [3.05, 3.63) is 87.2 Å². The number of hydrogen-bond donors (Lipinski definition) is 2. The Balaban J connectivity index is 1.38. The first kappa shape index (κ1) is 24.4. The predicted octanol–water partition coefficient (Wildman–Crippen LogP) is 6.41. The second-order valence-electron chi connectivity index (χ2n) is 7.54. The number of methoxy groups -OCH3 is 2. The first-order valence-corrected chi connectivity index (χ1v) is 12.3. The summed E-state index contributed by atoms with van der Waals surface area (Å²) in [5.41, 5.74) is 7.74. The highest BCUT2D eigenvalue weighted by atomic mass is 79.9. The van der Waals surface area contributed by atoms with E-state index < -0.39 is 0 Å². The average Bonchev–Trinajstić information content (AvgIpc) is 3.33. The lowest BCUT2D eigenvalue weighted by Crippen LogP contribution is -2.17. The number of hydrazone groups is 1. The van der Waals surface area contributed by atoms with Crippen LogP contribution in [0.5, 0.6) is 11.5 Å². The predicted molar refractivity (Wildman–Crippen MR) is 144 cm³/mol. The van der Waals surface area contributed by atoms with Crippen LogP contribution in [0.15, 0.2) is 75.6 Å². The average molecular weight is 551 g/mol. The van der Waals surface area contributed by atoms with Crippen LogP contribution in [0.2, 0.25) is 0 Å². The van der Waals surface area contributed by atoms with Gasteiger partial charge in [0.15, 0.2) is 16.6 Å². The molecule has 0 aliphatic heterocycles. The lowest BCUT2D eigenvalue weighted by molar-refractivity contribution is 0.0955. The van der Waals surface area contributed by atoms with Crippen LogP contribution < -0.4 is 20.2 Å². The van der Waals surface area contributed by atoms with Crippen LogP contribution in [0.1, 0.15) is 21.5 Å². The molecule has 0 aliphatic rings. The van der Waals surface area contributed by atoms with Crippen LogP contribution in [-0.4, -0.2) is 31.3 Å². The summed E-state index contributed by atoms with van der Waals surface area (Å²) in [4.78, 5) is 17.2. The Morgan fingerprint density at radius 3 is 2.49 bits per heavy atom. The lowest BCUT2D eigenvalue weighted by Gasteiger charge is -2.10. The van der Waals surface area contributed by atoms with E-state index in [9.17, 15) is 4.79 Å². The molecular weight excluding hydrogens is 528 g/mol. The van der Waals surface area contributed by atoms with E-state index in [1.807, 2.05) is 35.7 Å². The molecule has 35 heavy (non-hydrogen) atoms. The molecule has 3 aromatic carbocycles. The number of nitrogens with zero attached hydrogens (tertiary/aromatic N) is 2. The molecule has 0 aliphatic carbocycles. The molecule has 0 atom stereocenters. The van der Waals surface area contributed by atoms with Gasteiger partial charge in [-0.3, -0.25) is 4.79 Å². The maximum absolute atomic E-state index is 12.5. The number of nitrogens with one attached hydrogen (secondary N) is 2. The fourth-order valence-electron chi connectivity index (χ4n) is 3.26. The SMILES string of the molecule is COc1cc(/C=N\NC(=O)c2ccc(-c3csc(Nc4ccc(C)cc4)n3)cc2)cc(Br)c1OC. The van der Waals surface area contributed by atoms with Gasteiger partial charge in [0, 0.05) is 22.2 Å².